The van der Waals surface area contributed by atoms with Gasteiger partial charge in [-0.3, -0.25) is 0 Å². The number of nitrogens with zero attached hydrogens (tertiary/aromatic N) is 1. The van der Waals surface area contributed by atoms with Crippen LogP contribution in [0.25, 0.3) is 0 Å². The first-order chi connectivity index (χ1) is 12.4. The lowest BCUT2D eigenvalue weighted by atomic mass is 9.77. The highest BCUT2D eigenvalue weighted by Gasteiger charge is 2.66. The quantitative estimate of drug-likeness (QED) is 0.879. The number of benzene rings is 1. The van der Waals surface area contributed by atoms with Crippen molar-refractivity contribution in [2.24, 2.45) is 0 Å². The van der Waals surface area contributed by atoms with E-state index in [-0.39, 0.29) is 5.82 Å². The van der Waals surface area contributed by atoms with Gasteiger partial charge in [-0.25, -0.2) is 12.8 Å². The molecule has 1 saturated heterocycles. The van der Waals surface area contributed by atoms with Crippen LogP contribution >= 0.6 is 0 Å². The fourth-order valence-electron chi connectivity index (χ4n) is 4.47. The number of nitrogens with one attached hydrogen (secondary N) is 1. The summed E-state index contributed by atoms with van der Waals surface area (Å²) in [5.41, 5.74) is 1.54. The molecular formula is C20H25FN2O2S. The monoisotopic (exact) mass is 376 g/mol. The van der Waals surface area contributed by atoms with Crippen LogP contribution in [-0.4, -0.2) is 43.6 Å². The van der Waals surface area contributed by atoms with Crippen LogP contribution in [0.1, 0.15) is 31.7 Å². The molecule has 26 heavy (non-hydrogen) atoms. The molecular weight excluding hydrogens is 351 g/mol. The van der Waals surface area contributed by atoms with Crippen molar-refractivity contribution in [1.29, 1.82) is 0 Å². The normalized spacial score (nSPS) is 28.6. The molecule has 1 saturated carbocycles. The molecule has 4 nitrogen and oxygen atoms in total. The average molecular weight is 376 g/mol. The maximum Gasteiger partial charge on any atom is 0.224 e. The number of hydrogen-bond acceptors (Lipinski definition) is 3. The van der Waals surface area contributed by atoms with Crippen LogP contribution in [0.5, 0.6) is 0 Å². The molecule has 6 heteroatoms. The second-order valence-electron chi connectivity index (χ2n) is 7.62. The van der Waals surface area contributed by atoms with Gasteiger partial charge in [0.2, 0.25) is 10.0 Å². The smallest absolute Gasteiger partial charge is 0.224 e. The summed E-state index contributed by atoms with van der Waals surface area (Å²) in [6.07, 6.45) is 7.97. The predicted octanol–water partition coefficient (Wildman–Crippen LogP) is 2.74. The lowest BCUT2D eigenvalue weighted by Crippen LogP contribution is -2.58. The van der Waals surface area contributed by atoms with Crippen LogP contribution in [-0.2, 0) is 15.4 Å². The average Bonchev–Trinajstić information content (AvgIpc) is 3.46. The van der Waals surface area contributed by atoms with E-state index in [0.717, 1.165) is 24.0 Å². The van der Waals surface area contributed by atoms with E-state index in [1.807, 2.05) is 25.2 Å². The highest BCUT2D eigenvalue weighted by atomic mass is 32.2. The molecule has 140 valence electrons. The van der Waals surface area contributed by atoms with E-state index < -0.39 is 20.2 Å². The molecule has 1 heterocycles. The summed E-state index contributed by atoms with van der Waals surface area (Å²) in [4.78, 5) is 0. The van der Waals surface area contributed by atoms with Crippen LogP contribution in [0.3, 0.4) is 0 Å². The second kappa shape index (κ2) is 6.29. The minimum Gasteiger partial charge on any atom is -0.314 e. The summed E-state index contributed by atoms with van der Waals surface area (Å²) in [5, 5.41) is 3.22. The summed E-state index contributed by atoms with van der Waals surface area (Å²) in [5.74, 6) is -0.293. The van der Waals surface area contributed by atoms with E-state index in [1.165, 1.54) is 12.1 Å². The Bertz CT molecular complexity index is 850. The van der Waals surface area contributed by atoms with Gasteiger partial charge in [-0.1, -0.05) is 35.9 Å². The summed E-state index contributed by atoms with van der Waals surface area (Å²) in [7, 11) is -3.56. The van der Waals surface area contributed by atoms with Gasteiger partial charge in [0, 0.05) is 31.6 Å². The minimum atomic E-state index is -3.56. The molecule has 3 aliphatic rings. The Balaban J connectivity index is 1.83. The first-order valence-corrected chi connectivity index (χ1v) is 10.7. The molecule has 4 rings (SSSR count). The third-order valence-corrected chi connectivity index (χ3v) is 8.83. The van der Waals surface area contributed by atoms with E-state index in [0.29, 0.717) is 32.6 Å². The van der Waals surface area contributed by atoms with Gasteiger partial charge in [0.25, 0.3) is 0 Å². The topological polar surface area (TPSA) is 49.4 Å². The Kier molecular flexibility index (Phi) is 4.33. The summed E-state index contributed by atoms with van der Waals surface area (Å²) in [6.45, 7) is 4.35. The number of allylic oxidation sites excluding steroid dienone is 3. The molecule has 1 N–H and O–H groups in total. The Morgan fingerprint density at radius 1 is 1.12 bits per heavy atom. The van der Waals surface area contributed by atoms with E-state index in [9.17, 15) is 12.8 Å². The maximum absolute atomic E-state index is 13.8. The third-order valence-electron chi connectivity index (χ3n) is 6.18. The van der Waals surface area contributed by atoms with Gasteiger partial charge in [0.15, 0.2) is 0 Å². The largest absolute Gasteiger partial charge is 0.314 e. The molecule has 1 aromatic carbocycles. The first kappa shape index (κ1) is 17.9. The number of rotatable bonds is 4. The van der Waals surface area contributed by atoms with Gasteiger partial charge in [-0.05, 0) is 43.9 Å². The Hall–Kier alpha value is -1.50. The Morgan fingerprint density at radius 2 is 1.77 bits per heavy atom. The van der Waals surface area contributed by atoms with Crippen LogP contribution in [0, 0.1) is 5.82 Å². The van der Waals surface area contributed by atoms with Gasteiger partial charge < -0.3 is 5.32 Å². The highest BCUT2D eigenvalue weighted by molar-refractivity contribution is 7.90. The van der Waals surface area contributed by atoms with Crippen molar-refractivity contribution in [3.8, 4) is 0 Å². The molecule has 1 aliphatic heterocycles. The van der Waals surface area contributed by atoms with Crippen molar-refractivity contribution < 1.29 is 12.8 Å². The van der Waals surface area contributed by atoms with Crippen LogP contribution in [0.4, 0.5) is 4.39 Å². The minimum absolute atomic E-state index is 0.293. The molecule has 0 spiro atoms. The molecule has 2 aliphatic carbocycles. The lowest BCUT2D eigenvalue weighted by molar-refractivity contribution is 0.338. The van der Waals surface area contributed by atoms with Crippen molar-refractivity contribution >= 4 is 10.0 Å². The molecule has 1 unspecified atom stereocenters. The van der Waals surface area contributed by atoms with Crippen molar-refractivity contribution in [3.05, 3.63) is 59.4 Å². The van der Waals surface area contributed by atoms with Crippen molar-refractivity contribution in [2.45, 2.75) is 36.3 Å². The van der Waals surface area contributed by atoms with Crippen LogP contribution in [0.2, 0.25) is 0 Å². The van der Waals surface area contributed by atoms with Crippen molar-refractivity contribution in [1.82, 2.24) is 9.62 Å². The fraction of sp³-hybridized carbons (Fsp3) is 0.500. The molecule has 0 radical (unpaired) electrons. The highest BCUT2D eigenvalue weighted by Crippen LogP contribution is 2.62. The van der Waals surface area contributed by atoms with Gasteiger partial charge in [-0.15, -0.1) is 0 Å². The fourth-order valence-corrected chi connectivity index (χ4v) is 6.95. The van der Waals surface area contributed by atoms with E-state index >= 15 is 0 Å². The molecule has 1 atom stereocenters. The number of piperazine rings is 1. The van der Waals surface area contributed by atoms with Crippen molar-refractivity contribution in [3.63, 3.8) is 0 Å². The SMILES string of the molecule is CC1=CCC(C2(c3ccc(F)cc3)CC2)(S(=O)(=O)N2CCNCC2)C=C1. The number of hydrogen-bond donors (Lipinski definition) is 1. The predicted molar refractivity (Wildman–Crippen MR) is 101 cm³/mol. The van der Waals surface area contributed by atoms with Gasteiger partial charge in [-0.2, -0.15) is 4.31 Å². The molecule has 0 aromatic heterocycles. The number of sulfonamides is 1. The lowest BCUT2D eigenvalue weighted by Gasteiger charge is -2.44. The summed E-state index contributed by atoms with van der Waals surface area (Å²) < 4.78 is 41.8. The van der Waals surface area contributed by atoms with Gasteiger partial charge >= 0.3 is 0 Å². The van der Waals surface area contributed by atoms with E-state index in [2.05, 4.69) is 5.32 Å². The molecule has 1 aromatic rings. The number of halogens is 1. The maximum atomic E-state index is 13.8. The standard InChI is InChI=1S/C20H25FN2O2S/c1-16-6-8-20(9-7-16,26(24,25)23-14-12-22-13-15-23)19(10-11-19)17-2-4-18(21)5-3-17/h2-8,22H,9-15H2,1H3. The van der Waals surface area contributed by atoms with E-state index in [4.69, 9.17) is 0 Å². The van der Waals surface area contributed by atoms with Gasteiger partial charge in [0.05, 0.1) is 0 Å². The van der Waals surface area contributed by atoms with Crippen LogP contribution < -0.4 is 5.32 Å². The summed E-state index contributed by atoms with van der Waals surface area (Å²) in [6, 6.07) is 6.40. The molecule has 0 bridgehead atoms. The Morgan fingerprint density at radius 3 is 2.31 bits per heavy atom. The van der Waals surface area contributed by atoms with Crippen LogP contribution in [0.15, 0.2) is 48.1 Å². The van der Waals surface area contributed by atoms with Gasteiger partial charge in [0.1, 0.15) is 10.6 Å². The summed E-state index contributed by atoms with van der Waals surface area (Å²) >= 11 is 0. The van der Waals surface area contributed by atoms with Crippen molar-refractivity contribution in [2.75, 3.05) is 26.2 Å². The van der Waals surface area contributed by atoms with E-state index in [1.54, 1.807) is 16.4 Å². The molecule has 2 fully saturated rings. The first-order valence-electron chi connectivity index (χ1n) is 9.24. The zero-order valence-corrected chi connectivity index (χ0v) is 15.9. The molecule has 0 amide bonds. The third kappa shape index (κ3) is 2.58. The zero-order chi connectivity index (χ0) is 18.4. The Labute approximate surface area is 154 Å². The zero-order valence-electron chi connectivity index (χ0n) is 15.0. The second-order valence-corrected chi connectivity index (χ2v) is 9.81.